The van der Waals surface area contributed by atoms with Crippen LogP contribution in [0.5, 0.6) is 11.5 Å². The quantitative estimate of drug-likeness (QED) is 0.500. The zero-order valence-corrected chi connectivity index (χ0v) is 17.7. The van der Waals surface area contributed by atoms with E-state index in [1.807, 2.05) is 50.2 Å². The lowest BCUT2D eigenvalue weighted by atomic mass is 10.1. The van der Waals surface area contributed by atoms with Crippen molar-refractivity contribution in [1.82, 2.24) is 15.0 Å². The van der Waals surface area contributed by atoms with Crippen LogP contribution in [0.4, 0.5) is 0 Å². The Kier molecular flexibility index (Phi) is 7.11. The summed E-state index contributed by atoms with van der Waals surface area (Å²) in [6, 6.07) is 14.6. The monoisotopic (exact) mass is 416 g/mol. The van der Waals surface area contributed by atoms with E-state index in [1.54, 1.807) is 37.8 Å². The maximum Gasteiger partial charge on any atom is 0.250 e. The number of benzene rings is 1. The summed E-state index contributed by atoms with van der Waals surface area (Å²) < 4.78 is 11.2. The van der Waals surface area contributed by atoms with E-state index in [2.05, 4.69) is 15.0 Å². The molecule has 3 heterocycles. The minimum Gasteiger partial charge on any atom is -0.495 e. The molecule has 0 fully saturated rings. The average molecular weight is 416 g/mol. The van der Waals surface area contributed by atoms with Crippen molar-refractivity contribution >= 4 is 16.8 Å². The first kappa shape index (κ1) is 21.7. The highest BCUT2D eigenvalue weighted by atomic mass is 16.5. The number of primary amides is 1. The van der Waals surface area contributed by atoms with Crippen LogP contribution in [0.25, 0.3) is 22.2 Å². The van der Waals surface area contributed by atoms with Crippen molar-refractivity contribution in [2.24, 2.45) is 5.73 Å². The summed E-state index contributed by atoms with van der Waals surface area (Å²) >= 11 is 0. The summed E-state index contributed by atoms with van der Waals surface area (Å²) in [7, 11) is 1.60. The first-order chi connectivity index (χ1) is 15.2. The molecule has 0 aliphatic carbocycles. The zero-order valence-electron chi connectivity index (χ0n) is 17.7. The fourth-order valence-electron chi connectivity index (χ4n) is 3.01. The van der Waals surface area contributed by atoms with E-state index in [9.17, 15) is 4.79 Å². The minimum absolute atomic E-state index is 0.0998. The van der Waals surface area contributed by atoms with Crippen LogP contribution in [0.15, 0.2) is 67.1 Å². The van der Waals surface area contributed by atoms with Crippen LogP contribution in [0.3, 0.4) is 0 Å². The molecule has 0 aliphatic rings. The van der Waals surface area contributed by atoms with E-state index in [-0.39, 0.29) is 6.61 Å². The lowest BCUT2D eigenvalue weighted by molar-refractivity contribution is 0.0997. The van der Waals surface area contributed by atoms with Gasteiger partial charge in [-0.15, -0.1) is 0 Å². The molecule has 0 spiro atoms. The predicted octanol–water partition coefficient (Wildman–Crippen LogP) is 4.40. The molecular weight excluding hydrogens is 392 g/mol. The molecule has 158 valence electrons. The second-order valence-corrected chi connectivity index (χ2v) is 6.28. The summed E-state index contributed by atoms with van der Waals surface area (Å²) in [5, 5.41) is 0.848. The molecule has 4 aromatic rings. The second-order valence-electron chi connectivity index (χ2n) is 6.28. The summed E-state index contributed by atoms with van der Waals surface area (Å²) in [6.07, 6.45) is 4.98. The van der Waals surface area contributed by atoms with Crippen LogP contribution >= 0.6 is 0 Å². The number of hydrogen-bond donors (Lipinski definition) is 1. The van der Waals surface area contributed by atoms with Crippen molar-refractivity contribution in [2.45, 2.75) is 20.5 Å². The molecule has 0 saturated heterocycles. The predicted molar refractivity (Wildman–Crippen MR) is 120 cm³/mol. The van der Waals surface area contributed by atoms with Crippen molar-refractivity contribution in [3.05, 3.63) is 78.4 Å². The van der Waals surface area contributed by atoms with Gasteiger partial charge in [-0.05, 0) is 48.5 Å². The molecular formula is C24H24N4O3. The molecule has 31 heavy (non-hydrogen) atoms. The Morgan fingerprint density at radius 3 is 2.48 bits per heavy atom. The minimum atomic E-state index is -0.542. The highest BCUT2D eigenvalue weighted by Gasteiger charge is 2.13. The van der Waals surface area contributed by atoms with Gasteiger partial charge in [-0.25, -0.2) is 0 Å². The first-order valence-electron chi connectivity index (χ1n) is 9.91. The maximum absolute atomic E-state index is 11.6. The third-order valence-corrected chi connectivity index (χ3v) is 4.47. The van der Waals surface area contributed by atoms with Crippen LogP contribution in [0.2, 0.25) is 0 Å². The zero-order chi connectivity index (χ0) is 22.2. The van der Waals surface area contributed by atoms with Crippen molar-refractivity contribution in [1.29, 1.82) is 0 Å². The number of carbonyl (C=O) groups excluding carboxylic acids is 1. The Bertz CT molecular complexity index is 1180. The van der Waals surface area contributed by atoms with E-state index in [1.165, 1.54) is 0 Å². The number of nitrogens with zero attached hydrogens (tertiary/aromatic N) is 3. The van der Waals surface area contributed by atoms with Crippen molar-refractivity contribution in [3.63, 3.8) is 0 Å². The topological polar surface area (TPSA) is 100 Å². The normalized spacial score (nSPS) is 10.2. The smallest absolute Gasteiger partial charge is 0.250 e. The Labute approximate surface area is 180 Å². The highest BCUT2D eigenvalue weighted by molar-refractivity contribution is 5.94. The van der Waals surface area contributed by atoms with Gasteiger partial charge in [0.15, 0.2) is 0 Å². The van der Waals surface area contributed by atoms with Gasteiger partial charge in [0.2, 0.25) is 0 Å². The van der Waals surface area contributed by atoms with Gasteiger partial charge in [0.05, 0.1) is 35.8 Å². The average Bonchev–Trinajstić information content (AvgIpc) is 2.83. The summed E-state index contributed by atoms with van der Waals surface area (Å²) in [5.74, 6) is 0.752. The van der Waals surface area contributed by atoms with Gasteiger partial charge in [-0.3, -0.25) is 19.7 Å². The lowest BCUT2D eigenvalue weighted by Crippen LogP contribution is -2.15. The molecule has 7 nitrogen and oxygen atoms in total. The first-order valence-corrected chi connectivity index (χ1v) is 9.91. The van der Waals surface area contributed by atoms with Gasteiger partial charge in [0.1, 0.15) is 18.1 Å². The van der Waals surface area contributed by atoms with Crippen LogP contribution in [0, 0.1) is 0 Å². The molecule has 0 atom stereocenters. The molecule has 0 radical (unpaired) electrons. The second kappa shape index (κ2) is 10.2. The number of hydrogen-bond acceptors (Lipinski definition) is 6. The van der Waals surface area contributed by atoms with Gasteiger partial charge in [0, 0.05) is 23.3 Å². The van der Waals surface area contributed by atoms with E-state index in [0.717, 1.165) is 22.2 Å². The van der Waals surface area contributed by atoms with E-state index in [4.69, 9.17) is 15.2 Å². The number of amides is 1. The molecule has 4 rings (SSSR count). The lowest BCUT2D eigenvalue weighted by Gasteiger charge is -2.12. The molecule has 0 saturated carbocycles. The molecule has 0 aliphatic heterocycles. The number of methoxy groups -OCH3 is 1. The molecule has 0 unspecified atom stereocenters. The SMILES string of the molecule is CC.COc1ccc(-c2cc(OCc3ncccc3C(N)=O)c3cccnc3c2)nc1. The van der Waals surface area contributed by atoms with Gasteiger partial charge < -0.3 is 15.2 Å². The summed E-state index contributed by atoms with van der Waals surface area (Å²) in [4.78, 5) is 24.7. The van der Waals surface area contributed by atoms with E-state index in [0.29, 0.717) is 22.8 Å². The summed E-state index contributed by atoms with van der Waals surface area (Å²) in [5.41, 5.74) is 8.63. The van der Waals surface area contributed by atoms with Crippen LogP contribution < -0.4 is 15.2 Å². The maximum atomic E-state index is 11.6. The molecule has 1 amide bonds. The number of fused-ring (bicyclic) bond motifs is 1. The third-order valence-electron chi connectivity index (χ3n) is 4.47. The highest BCUT2D eigenvalue weighted by Crippen LogP contribution is 2.32. The number of nitrogens with two attached hydrogens (primary N) is 1. The van der Waals surface area contributed by atoms with E-state index < -0.39 is 5.91 Å². The molecule has 2 N–H and O–H groups in total. The number of rotatable bonds is 6. The Hall–Kier alpha value is -4.00. The van der Waals surface area contributed by atoms with Crippen molar-refractivity contribution in [2.75, 3.05) is 7.11 Å². The molecule has 7 heteroatoms. The molecule has 3 aromatic heterocycles. The fourth-order valence-corrected chi connectivity index (χ4v) is 3.01. The van der Waals surface area contributed by atoms with Crippen LogP contribution in [-0.2, 0) is 6.61 Å². The van der Waals surface area contributed by atoms with Crippen LogP contribution in [-0.4, -0.2) is 28.0 Å². The standard InChI is InChI=1S/C22H18N4O3.C2H6/c1-28-15-6-7-18(26-12-15)14-10-19-16(4-2-8-24-19)21(11-14)29-13-20-17(22(23)27)5-3-9-25-20;1-2/h2-12H,13H2,1H3,(H2,23,27);1-2H3. The Balaban J connectivity index is 0.00000132. The fraction of sp³-hybridized carbons (Fsp3) is 0.167. The molecule has 0 bridgehead atoms. The van der Waals surface area contributed by atoms with Crippen molar-refractivity contribution in [3.8, 4) is 22.8 Å². The van der Waals surface area contributed by atoms with Gasteiger partial charge >= 0.3 is 0 Å². The third kappa shape index (κ3) is 4.95. The van der Waals surface area contributed by atoms with Gasteiger partial charge in [-0.1, -0.05) is 13.8 Å². The Morgan fingerprint density at radius 1 is 1.00 bits per heavy atom. The number of pyridine rings is 3. The molecule has 1 aromatic carbocycles. The van der Waals surface area contributed by atoms with Crippen LogP contribution in [0.1, 0.15) is 29.9 Å². The van der Waals surface area contributed by atoms with Gasteiger partial charge in [0.25, 0.3) is 5.91 Å². The number of ether oxygens (including phenoxy) is 2. The largest absolute Gasteiger partial charge is 0.495 e. The van der Waals surface area contributed by atoms with Crippen molar-refractivity contribution < 1.29 is 14.3 Å². The van der Waals surface area contributed by atoms with Gasteiger partial charge in [-0.2, -0.15) is 0 Å². The summed E-state index contributed by atoms with van der Waals surface area (Å²) in [6.45, 7) is 4.10. The number of aromatic nitrogens is 3. The number of carbonyl (C=O) groups is 1. The van der Waals surface area contributed by atoms with E-state index >= 15 is 0 Å². The Morgan fingerprint density at radius 2 is 1.77 bits per heavy atom.